The lowest BCUT2D eigenvalue weighted by atomic mass is 10.2. The largest absolute Gasteiger partial charge is 0.481 e. The van der Waals surface area contributed by atoms with Gasteiger partial charge in [-0.25, -0.2) is 0 Å². The number of carbonyl (C=O) groups excluding carboxylic acids is 1. The van der Waals surface area contributed by atoms with Crippen molar-refractivity contribution in [2.75, 3.05) is 0 Å². The summed E-state index contributed by atoms with van der Waals surface area (Å²) in [6.45, 7) is 0.596. The Kier molecular flexibility index (Phi) is 3.81. The third-order valence-corrected chi connectivity index (χ3v) is 3.28. The Morgan fingerprint density at radius 3 is 2.89 bits per heavy atom. The maximum atomic E-state index is 11.0. The van der Waals surface area contributed by atoms with Crippen LogP contribution in [0.1, 0.15) is 23.2 Å². The molecule has 1 N–H and O–H groups in total. The molecule has 0 aliphatic carbocycles. The molecule has 2 aromatic rings. The number of carbonyl (C=O) groups is 2. The van der Waals surface area contributed by atoms with Crippen LogP contribution in [0.5, 0.6) is 0 Å². The lowest BCUT2D eigenvalue weighted by molar-refractivity contribution is -0.137. The average molecular weight is 310 g/mol. The number of carboxylic acids is 1. The van der Waals surface area contributed by atoms with E-state index in [0.717, 1.165) is 21.7 Å². The van der Waals surface area contributed by atoms with Gasteiger partial charge in [-0.3, -0.25) is 9.59 Å². The molecule has 4 nitrogen and oxygen atoms in total. The molecular weight excluding hydrogens is 298 g/mol. The van der Waals surface area contributed by atoms with E-state index in [4.69, 9.17) is 5.11 Å². The summed E-state index contributed by atoms with van der Waals surface area (Å²) in [4.78, 5) is 21.5. The van der Waals surface area contributed by atoms with Crippen LogP contribution in [0.15, 0.2) is 28.9 Å². The number of aliphatic carboxylic acids is 1. The highest BCUT2D eigenvalue weighted by atomic mass is 79.9. The van der Waals surface area contributed by atoms with E-state index in [1.54, 1.807) is 6.20 Å². The van der Waals surface area contributed by atoms with Crippen molar-refractivity contribution in [3.8, 4) is 0 Å². The van der Waals surface area contributed by atoms with Crippen molar-refractivity contribution >= 4 is 39.1 Å². The number of carboxylic acid groups (broad SMARTS) is 1. The van der Waals surface area contributed by atoms with Crippen molar-refractivity contribution in [2.45, 2.75) is 19.4 Å². The number of fused-ring (bicyclic) bond motifs is 1. The van der Waals surface area contributed by atoms with Crippen molar-refractivity contribution in [3.63, 3.8) is 0 Å². The molecule has 1 aromatic carbocycles. The minimum atomic E-state index is -0.801. The molecule has 0 saturated carbocycles. The van der Waals surface area contributed by atoms with Gasteiger partial charge in [-0.15, -0.1) is 0 Å². The van der Waals surface area contributed by atoms with Crippen molar-refractivity contribution in [1.82, 2.24) is 4.57 Å². The monoisotopic (exact) mass is 309 g/mol. The zero-order valence-electron chi connectivity index (χ0n) is 9.60. The summed E-state index contributed by atoms with van der Waals surface area (Å²) in [6, 6.07) is 5.73. The van der Waals surface area contributed by atoms with Gasteiger partial charge >= 0.3 is 5.97 Å². The first kappa shape index (κ1) is 12.8. The molecule has 0 spiro atoms. The second-order valence-corrected chi connectivity index (χ2v) is 4.97. The Labute approximate surface area is 112 Å². The summed E-state index contributed by atoms with van der Waals surface area (Å²) in [7, 11) is 0. The second kappa shape index (κ2) is 5.35. The van der Waals surface area contributed by atoms with Gasteiger partial charge in [-0.05, 0) is 24.6 Å². The van der Waals surface area contributed by atoms with Gasteiger partial charge < -0.3 is 9.67 Å². The molecule has 2 rings (SSSR count). The highest BCUT2D eigenvalue weighted by Crippen LogP contribution is 2.24. The van der Waals surface area contributed by atoms with Crippen molar-refractivity contribution in [1.29, 1.82) is 0 Å². The maximum absolute atomic E-state index is 11.0. The first-order valence-corrected chi connectivity index (χ1v) is 6.36. The summed E-state index contributed by atoms with van der Waals surface area (Å²) in [5.74, 6) is -0.801. The Bertz CT molecular complexity index is 604. The molecule has 0 saturated heterocycles. The molecule has 0 amide bonds. The van der Waals surface area contributed by atoms with Gasteiger partial charge in [0.1, 0.15) is 0 Å². The number of halogens is 1. The van der Waals surface area contributed by atoms with Crippen LogP contribution in [0, 0.1) is 0 Å². The smallest absolute Gasteiger partial charge is 0.303 e. The number of hydrogen-bond acceptors (Lipinski definition) is 2. The molecule has 0 fully saturated rings. The molecule has 5 heteroatoms. The SMILES string of the molecule is O=Cc1cn(CCCC(=O)O)c2ccc(Br)cc12. The van der Waals surface area contributed by atoms with Crippen LogP contribution in [-0.2, 0) is 11.3 Å². The van der Waals surface area contributed by atoms with Crippen LogP contribution >= 0.6 is 15.9 Å². The maximum Gasteiger partial charge on any atom is 0.303 e. The third kappa shape index (κ3) is 2.61. The van der Waals surface area contributed by atoms with Gasteiger partial charge in [0.2, 0.25) is 0 Å². The molecule has 0 bridgehead atoms. The van der Waals surface area contributed by atoms with Crippen LogP contribution in [0.2, 0.25) is 0 Å². The normalized spacial score (nSPS) is 10.7. The van der Waals surface area contributed by atoms with E-state index in [-0.39, 0.29) is 6.42 Å². The molecule has 0 radical (unpaired) electrons. The third-order valence-electron chi connectivity index (χ3n) is 2.79. The number of nitrogens with zero attached hydrogens (tertiary/aromatic N) is 1. The molecule has 1 aromatic heterocycles. The van der Waals surface area contributed by atoms with Gasteiger partial charge in [0.25, 0.3) is 0 Å². The molecule has 0 atom stereocenters. The van der Waals surface area contributed by atoms with Crippen LogP contribution in [0.4, 0.5) is 0 Å². The molecule has 0 aliphatic heterocycles. The van der Waals surface area contributed by atoms with Crippen LogP contribution in [0.25, 0.3) is 10.9 Å². The molecule has 0 aliphatic rings. The Morgan fingerprint density at radius 1 is 1.44 bits per heavy atom. The van der Waals surface area contributed by atoms with Gasteiger partial charge in [0.05, 0.1) is 0 Å². The summed E-state index contributed by atoms with van der Waals surface area (Å²) in [5.41, 5.74) is 1.58. The van der Waals surface area contributed by atoms with E-state index in [1.165, 1.54) is 0 Å². The van der Waals surface area contributed by atoms with Gasteiger partial charge in [-0.1, -0.05) is 15.9 Å². The number of aryl methyl sites for hydroxylation is 1. The molecule has 94 valence electrons. The van der Waals surface area contributed by atoms with Crippen molar-refractivity contribution in [2.24, 2.45) is 0 Å². The van der Waals surface area contributed by atoms with E-state index in [2.05, 4.69) is 15.9 Å². The average Bonchev–Trinajstić information content (AvgIpc) is 2.66. The quantitative estimate of drug-likeness (QED) is 0.863. The van der Waals surface area contributed by atoms with E-state index >= 15 is 0 Å². The fraction of sp³-hybridized carbons (Fsp3) is 0.231. The first-order valence-electron chi connectivity index (χ1n) is 5.57. The summed E-state index contributed by atoms with van der Waals surface area (Å²) in [6.07, 6.45) is 3.27. The van der Waals surface area contributed by atoms with Crippen LogP contribution in [-0.4, -0.2) is 21.9 Å². The van der Waals surface area contributed by atoms with E-state index in [9.17, 15) is 9.59 Å². The highest BCUT2D eigenvalue weighted by Gasteiger charge is 2.08. The minimum Gasteiger partial charge on any atom is -0.481 e. The predicted octanol–water partition coefficient (Wildman–Crippen LogP) is 3.08. The fourth-order valence-corrected chi connectivity index (χ4v) is 2.34. The number of aldehydes is 1. The molecule has 1 heterocycles. The number of aromatic nitrogens is 1. The topological polar surface area (TPSA) is 59.3 Å². The summed E-state index contributed by atoms with van der Waals surface area (Å²) >= 11 is 3.37. The molecule has 0 unspecified atom stereocenters. The summed E-state index contributed by atoms with van der Waals surface area (Å²) in [5, 5.41) is 9.50. The standard InChI is InChI=1S/C13H12BrNO3/c14-10-3-4-12-11(6-10)9(8-16)7-15(12)5-1-2-13(17)18/h3-4,6-8H,1-2,5H2,(H,17,18). The fourth-order valence-electron chi connectivity index (χ4n) is 1.98. The lowest BCUT2D eigenvalue weighted by Gasteiger charge is -2.03. The van der Waals surface area contributed by atoms with E-state index < -0.39 is 5.97 Å². The Hall–Kier alpha value is -1.62. The van der Waals surface area contributed by atoms with Gasteiger partial charge in [0.15, 0.2) is 6.29 Å². The molecular formula is C13H12BrNO3. The summed E-state index contributed by atoms with van der Waals surface area (Å²) < 4.78 is 2.84. The highest BCUT2D eigenvalue weighted by molar-refractivity contribution is 9.10. The number of benzene rings is 1. The zero-order chi connectivity index (χ0) is 13.1. The van der Waals surface area contributed by atoms with E-state index in [0.29, 0.717) is 18.5 Å². The predicted molar refractivity (Wildman–Crippen MR) is 71.9 cm³/mol. The second-order valence-electron chi connectivity index (χ2n) is 4.05. The number of rotatable bonds is 5. The van der Waals surface area contributed by atoms with Crippen molar-refractivity contribution in [3.05, 3.63) is 34.4 Å². The minimum absolute atomic E-state index is 0.132. The van der Waals surface area contributed by atoms with E-state index in [1.807, 2.05) is 22.8 Å². The lowest BCUT2D eigenvalue weighted by Crippen LogP contribution is -2.00. The zero-order valence-corrected chi connectivity index (χ0v) is 11.2. The van der Waals surface area contributed by atoms with Gasteiger partial charge in [-0.2, -0.15) is 0 Å². The Morgan fingerprint density at radius 2 is 2.22 bits per heavy atom. The molecule has 18 heavy (non-hydrogen) atoms. The van der Waals surface area contributed by atoms with Crippen LogP contribution in [0.3, 0.4) is 0 Å². The number of hydrogen-bond donors (Lipinski definition) is 1. The van der Waals surface area contributed by atoms with Crippen molar-refractivity contribution < 1.29 is 14.7 Å². The van der Waals surface area contributed by atoms with Gasteiger partial charge in [0, 0.05) is 40.1 Å². The van der Waals surface area contributed by atoms with Crippen LogP contribution < -0.4 is 0 Å². The first-order chi connectivity index (χ1) is 8.61. The Balaban J connectivity index is 2.33.